The minimum atomic E-state index is -4.68. The highest BCUT2D eigenvalue weighted by Crippen LogP contribution is 2.39. The van der Waals surface area contributed by atoms with Crippen molar-refractivity contribution in [2.75, 3.05) is 17.7 Å². The first kappa shape index (κ1) is 43.0. The average Bonchev–Trinajstić information content (AvgIpc) is 3.20. The molecule has 0 aliphatic heterocycles. The zero-order valence-electron chi connectivity index (χ0n) is 30.0. The number of carbonyl (C=O) groups is 1. The average molecular weight is 885 g/mol. The summed E-state index contributed by atoms with van der Waals surface area (Å²) in [7, 11) is -7.93. The van der Waals surface area contributed by atoms with Gasteiger partial charge in [-0.25, -0.2) is 15.3 Å². The topological polar surface area (TPSA) is 286 Å². The summed E-state index contributed by atoms with van der Waals surface area (Å²) in [4.78, 5) is 12.9. The Balaban J connectivity index is 1.17. The molecular weight excluding hydrogens is 857 g/mol. The van der Waals surface area contributed by atoms with Crippen LogP contribution in [0.15, 0.2) is 137 Å². The van der Waals surface area contributed by atoms with Crippen molar-refractivity contribution in [3.63, 3.8) is 0 Å². The van der Waals surface area contributed by atoms with Crippen molar-refractivity contribution >= 4 is 106 Å². The highest BCUT2D eigenvalue weighted by Gasteiger charge is 2.19. The summed E-state index contributed by atoms with van der Waals surface area (Å²) in [5, 5.41) is 47.6. The lowest BCUT2D eigenvalue weighted by Crippen LogP contribution is -2.20. The third-order valence-corrected chi connectivity index (χ3v) is 11.2. The van der Waals surface area contributed by atoms with Gasteiger partial charge >= 0.3 is 6.03 Å². The number of aryl methyl sites for hydroxylation is 1. The molecule has 2 amide bonds. The largest absolute Gasteiger partial charge is 0.494 e. The zero-order valence-corrected chi connectivity index (χ0v) is 33.3. The molecule has 6 N–H and O–H groups in total. The van der Waals surface area contributed by atoms with Crippen LogP contribution in [0, 0.1) is 6.92 Å². The molecule has 0 fully saturated rings. The maximum absolute atomic E-state index is 13.1. The molecule has 6 aromatic carbocycles. The van der Waals surface area contributed by atoms with Crippen LogP contribution in [0.3, 0.4) is 0 Å². The summed E-state index contributed by atoms with van der Waals surface area (Å²) in [6, 6.07) is 22.9. The van der Waals surface area contributed by atoms with Gasteiger partial charge in [-0.1, -0.05) is 34.3 Å². The number of nitrogens with one attached hydrogen (secondary N) is 2. The fourth-order valence-electron chi connectivity index (χ4n) is 5.62. The van der Waals surface area contributed by atoms with Crippen LogP contribution in [0.25, 0.3) is 21.5 Å². The summed E-state index contributed by atoms with van der Waals surface area (Å²) in [6.07, 6.45) is 0. The van der Waals surface area contributed by atoms with Gasteiger partial charge in [0.1, 0.15) is 15.5 Å². The van der Waals surface area contributed by atoms with Crippen molar-refractivity contribution in [2.45, 2.75) is 26.5 Å². The third kappa shape index (κ3) is 10.5. The van der Waals surface area contributed by atoms with Crippen LogP contribution < -0.4 is 15.4 Å². The van der Waals surface area contributed by atoms with Crippen LogP contribution in [0.1, 0.15) is 5.56 Å². The molecule has 20 nitrogen and oxygen atoms in total. The number of carbonyl (C=O) groups excluding carboxylic acids is 1. The molecule has 6 rings (SSSR count). The molecule has 0 atom stereocenters. The first-order valence-corrected chi connectivity index (χ1v) is 20.6. The van der Waals surface area contributed by atoms with Gasteiger partial charge in [-0.15, -0.1) is 8.67 Å². The van der Waals surface area contributed by atoms with Crippen molar-refractivity contribution in [3.8, 4) is 5.75 Å². The number of rotatable bonds is 15. The molecule has 0 bridgehead atoms. The maximum atomic E-state index is 13.1. The number of nitrogens with zero attached hydrogens (tertiary/aromatic N) is 4. The number of benzene rings is 6. The van der Waals surface area contributed by atoms with Crippen LogP contribution >= 0.6 is 24.1 Å². The van der Waals surface area contributed by atoms with Gasteiger partial charge < -0.3 is 15.4 Å². The van der Waals surface area contributed by atoms with Gasteiger partial charge in [-0.05, 0) is 84.6 Å². The molecule has 24 heteroatoms. The number of anilines is 2. The lowest BCUT2D eigenvalue weighted by Gasteiger charge is -2.13. The molecular formula is C35H28N6O14S4. The fraction of sp³-hybridized carbons (Fsp3) is 0.0571. The molecule has 0 saturated carbocycles. The van der Waals surface area contributed by atoms with E-state index in [9.17, 15) is 30.7 Å². The van der Waals surface area contributed by atoms with E-state index in [0.717, 1.165) is 6.07 Å². The van der Waals surface area contributed by atoms with E-state index in [-0.39, 0.29) is 49.1 Å². The number of hydrogen-bond acceptors (Lipinski definition) is 18. The number of urea groups is 1. The van der Waals surface area contributed by atoms with E-state index in [1.807, 2.05) is 0 Å². The first-order valence-electron chi connectivity index (χ1n) is 16.3. The second-order valence-corrected chi connectivity index (χ2v) is 16.1. The van der Waals surface area contributed by atoms with Gasteiger partial charge in [0.05, 0.1) is 59.6 Å². The number of methoxy groups -OCH3 is 1. The molecule has 0 radical (unpaired) electrons. The second kappa shape index (κ2) is 18.5. The number of hydrogen-bond donors (Lipinski definition) is 6. The number of amides is 2. The van der Waals surface area contributed by atoms with Gasteiger partial charge in [-0.2, -0.15) is 37.3 Å². The van der Waals surface area contributed by atoms with E-state index in [1.54, 1.807) is 37.3 Å². The summed E-state index contributed by atoms with van der Waals surface area (Å²) in [5.41, 5.74) is 2.12. The van der Waals surface area contributed by atoms with Crippen LogP contribution in [-0.4, -0.2) is 49.6 Å². The molecule has 0 saturated heterocycles. The Kier molecular flexibility index (Phi) is 13.5. The van der Waals surface area contributed by atoms with Gasteiger partial charge in [0.25, 0.3) is 20.2 Å². The third-order valence-electron chi connectivity index (χ3n) is 8.12. The quantitative estimate of drug-likeness (QED) is 0.0184. The second-order valence-electron chi connectivity index (χ2n) is 11.9. The molecule has 0 aromatic heterocycles. The number of fused-ring (bicyclic) bond motifs is 2. The molecule has 0 aliphatic rings. The van der Waals surface area contributed by atoms with E-state index in [1.165, 1.54) is 67.8 Å². The molecule has 306 valence electrons. The van der Waals surface area contributed by atoms with Gasteiger partial charge in [0, 0.05) is 37.7 Å². The van der Waals surface area contributed by atoms with Crippen molar-refractivity contribution in [1.82, 2.24) is 0 Å². The molecule has 0 spiro atoms. The SMILES string of the molecule is COc1cc(N=Nc2cc(SOOO)c3cccc(S(=O)(=O)O)c3c2)ccc1NC(=O)Nc1ccc(N=Nc2cc(S(=O)(=O)O)c3cccc(SOOO)c3c2)cc1C. The standard InChI is InChI=1S/C35H28N6O14S4/c1-19-13-20(38-41-23-14-26-25(34(18-23)59(48,49)50)6-3-7-31(26)56-54-52-43)9-11-28(19)36-35(42)37-29-12-10-21(16-30(29)51-2)39-40-22-15-27-24(32(17-22)57-55-53-44)5-4-8-33(27)58(45,46)47/h3-18,43-44H,1-2H3,(H2,36,37,42)(H,45,46,47)(H,48,49,50). The van der Waals surface area contributed by atoms with Crippen LogP contribution in [0.2, 0.25) is 0 Å². The highest BCUT2D eigenvalue weighted by atomic mass is 32.2. The molecule has 59 heavy (non-hydrogen) atoms. The molecule has 0 aliphatic carbocycles. The number of azo groups is 2. The lowest BCUT2D eigenvalue weighted by molar-refractivity contribution is -0.432. The van der Waals surface area contributed by atoms with Crippen LogP contribution in [0.5, 0.6) is 5.75 Å². The highest BCUT2D eigenvalue weighted by molar-refractivity contribution is 7.95. The van der Waals surface area contributed by atoms with E-state index in [4.69, 9.17) is 15.3 Å². The predicted molar refractivity (Wildman–Crippen MR) is 214 cm³/mol. The van der Waals surface area contributed by atoms with Crippen molar-refractivity contribution < 1.29 is 64.7 Å². The normalized spacial score (nSPS) is 12.2. The maximum Gasteiger partial charge on any atom is 0.323 e. The molecule has 6 aromatic rings. The van der Waals surface area contributed by atoms with Gasteiger partial charge in [-0.3, -0.25) is 9.11 Å². The summed E-state index contributed by atoms with van der Waals surface area (Å²) in [5.74, 6) is 0.215. The van der Waals surface area contributed by atoms with Crippen LogP contribution in [-0.2, 0) is 39.0 Å². The van der Waals surface area contributed by atoms with Crippen molar-refractivity contribution in [1.29, 1.82) is 0 Å². The minimum Gasteiger partial charge on any atom is -0.494 e. The lowest BCUT2D eigenvalue weighted by atomic mass is 10.1. The summed E-state index contributed by atoms with van der Waals surface area (Å²) in [6.45, 7) is 1.71. The Bertz CT molecular complexity index is 2860. The fourth-order valence-corrected chi connectivity index (χ4v) is 8.08. The van der Waals surface area contributed by atoms with E-state index < -0.39 is 31.2 Å². The van der Waals surface area contributed by atoms with Crippen molar-refractivity contribution in [2.24, 2.45) is 20.5 Å². The Labute approximate surface area is 342 Å². The Morgan fingerprint density at radius 1 is 0.593 bits per heavy atom. The predicted octanol–water partition coefficient (Wildman–Crippen LogP) is 10.1. The number of ether oxygens (including phenoxy) is 1. The Hall–Kier alpha value is -5.61. The monoisotopic (exact) mass is 884 g/mol. The molecule has 0 unspecified atom stereocenters. The zero-order chi connectivity index (χ0) is 42.3. The smallest absolute Gasteiger partial charge is 0.323 e. The van der Waals surface area contributed by atoms with Crippen molar-refractivity contribution in [3.05, 3.63) is 103 Å². The Morgan fingerprint density at radius 2 is 1.15 bits per heavy atom. The van der Waals surface area contributed by atoms with E-state index in [2.05, 4.69) is 49.8 Å². The van der Waals surface area contributed by atoms with E-state index >= 15 is 0 Å². The minimum absolute atomic E-state index is 0.0693. The van der Waals surface area contributed by atoms with E-state index in [0.29, 0.717) is 56.7 Å². The summed E-state index contributed by atoms with van der Waals surface area (Å²) < 4.78 is 82.7. The molecule has 0 heterocycles. The first-order chi connectivity index (χ1) is 28.2. The van der Waals surface area contributed by atoms with Gasteiger partial charge in [0.15, 0.2) is 0 Å². The van der Waals surface area contributed by atoms with Gasteiger partial charge in [0.2, 0.25) is 0 Å². The summed E-state index contributed by atoms with van der Waals surface area (Å²) >= 11 is 1.16. The van der Waals surface area contributed by atoms with Crippen LogP contribution in [0.4, 0.5) is 38.9 Å². The Morgan fingerprint density at radius 3 is 1.80 bits per heavy atom.